The highest BCUT2D eigenvalue weighted by atomic mass is 79.9. The maximum absolute atomic E-state index is 11.9. The standard InChI is InChI=1S/C11H11BrO3/c1-14-8-3-4-9(15-2)10-6(8)5-7(12)11(10)13/h3-4,7H,5H2,1-2H3. The molecule has 0 saturated heterocycles. The number of ketones is 1. The quantitative estimate of drug-likeness (QED) is 0.773. The molecule has 0 aliphatic heterocycles. The molecule has 0 saturated carbocycles. The maximum Gasteiger partial charge on any atom is 0.180 e. The van der Waals surface area contributed by atoms with E-state index < -0.39 is 0 Å². The number of carbonyl (C=O) groups is 1. The summed E-state index contributed by atoms with van der Waals surface area (Å²) in [4.78, 5) is 11.7. The van der Waals surface area contributed by atoms with Gasteiger partial charge in [0.25, 0.3) is 0 Å². The second-order valence-electron chi connectivity index (χ2n) is 3.36. The first-order chi connectivity index (χ1) is 7.19. The van der Waals surface area contributed by atoms with Crippen LogP contribution >= 0.6 is 15.9 Å². The third-order valence-electron chi connectivity index (χ3n) is 2.59. The lowest BCUT2D eigenvalue weighted by atomic mass is 10.1. The van der Waals surface area contributed by atoms with Crippen molar-refractivity contribution >= 4 is 21.7 Å². The van der Waals surface area contributed by atoms with E-state index in [0.29, 0.717) is 17.7 Å². The van der Waals surface area contributed by atoms with Gasteiger partial charge in [-0.1, -0.05) is 15.9 Å². The van der Waals surface area contributed by atoms with Crippen molar-refractivity contribution in [3.63, 3.8) is 0 Å². The largest absolute Gasteiger partial charge is 0.496 e. The van der Waals surface area contributed by atoms with E-state index in [1.807, 2.05) is 6.07 Å². The van der Waals surface area contributed by atoms with Crippen LogP contribution in [0.2, 0.25) is 0 Å². The number of ether oxygens (including phenoxy) is 2. The van der Waals surface area contributed by atoms with Gasteiger partial charge in [0, 0.05) is 5.56 Å². The van der Waals surface area contributed by atoms with Crippen molar-refractivity contribution in [2.24, 2.45) is 0 Å². The molecule has 0 spiro atoms. The Morgan fingerprint density at radius 3 is 2.47 bits per heavy atom. The molecular weight excluding hydrogens is 260 g/mol. The Labute approximate surface area is 96.5 Å². The van der Waals surface area contributed by atoms with Crippen molar-refractivity contribution in [3.8, 4) is 11.5 Å². The zero-order valence-electron chi connectivity index (χ0n) is 8.54. The number of hydrogen-bond acceptors (Lipinski definition) is 3. The zero-order chi connectivity index (χ0) is 11.0. The molecule has 1 atom stereocenters. The molecular formula is C11H11BrO3. The van der Waals surface area contributed by atoms with E-state index >= 15 is 0 Å². The second-order valence-corrected chi connectivity index (χ2v) is 4.46. The van der Waals surface area contributed by atoms with Gasteiger partial charge in [-0.15, -0.1) is 0 Å². The first-order valence-electron chi connectivity index (χ1n) is 4.61. The highest BCUT2D eigenvalue weighted by Gasteiger charge is 2.33. The van der Waals surface area contributed by atoms with Gasteiger partial charge in [0.2, 0.25) is 0 Å². The van der Waals surface area contributed by atoms with E-state index in [0.717, 1.165) is 11.3 Å². The zero-order valence-corrected chi connectivity index (χ0v) is 10.1. The van der Waals surface area contributed by atoms with Crippen molar-refractivity contribution in [2.75, 3.05) is 14.2 Å². The van der Waals surface area contributed by atoms with Crippen LogP contribution in [0.1, 0.15) is 15.9 Å². The highest BCUT2D eigenvalue weighted by Crippen LogP contribution is 2.39. The summed E-state index contributed by atoms with van der Waals surface area (Å²) in [6.45, 7) is 0. The summed E-state index contributed by atoms with van der Waals surface area (Å²) in [6, 6.07) is 3.59. The molecule has 1 aromatic carbocycles. The van der Waals surface area contributed by atoms with Crippen molar-refractivity contribution < 1.29 is 14.3 Å². The number of rotatable bonds is 2. The molecule has 1 aliphatic rings. The number of alkyl halides is 1. The number of carbonyl (C=O) groups excluding carboxylic acids is 1. The van der Waals surface area contributed by atoms with Crippen LogP contribution in [0.25, 0.3) is 0 Å². The summed E-state index contributed by atoms with van der Waals surface area (Å²) in [5, 5.41) is 0. The van der Waals surface area contributed by atoms with E-state index in [1.54, 1.807) is 20.3 Å². The fourth-order valence-corrected chi connectivity index (χ4v) is 2.42. The first-order valence-corrected chi connectivity index (χ1v) is 5.52. The van der Waals surface area contributed by atoms with Crippen LogP contribution < -0.4 is 9.47 Å². The number of halogens is 1. The monoisotopic (exact) mass is 270 g/mol. The Bertz CT molecular complexity index is 415. The Kier molecular flexibility index (Phi) is 2.69. The van der Waals surface area contributed by atoms with Gasteiger partial charge in [-0.3, -0.25) is 4.79 Å². The smallest absolute Gasteiger partial charge is 0.180 e. The fourth-order valence-electron chi connectivity index (χ4n) is 1.87. The predicted molar refractivity (Wildman–Crippen MR) is 60.3 cm³/mol. The van der Waals surface area contributed by atoms with Crippen LogP contribution in [0.15, 0.2) is 12.1 Å². The fraction of sp³-hybridized carbons (Fsp3) is 0.364. The van der Waals surface area contributed by atoms with Gasteiger partial charge in [-0.05, 0) is 18.6 Å². The Balaban J connectivity index is 2.62. The number of hydrogen-bond donors (Lipinski definition) is 0. The summed E-state index contributed by atoms with van der Waals surface area (Å²) in [6.07, 6.45) is 0.661. The van der Waals surface area contributed by atoms with E-state index in [2.05, 4.69) is 15.9 Å². The first kappa shape index (κ1) is 10.5. The average molecular weight is 271 g/mol. The van der Waals surface area contributed by atoms with E-state index in [9.17, 15) is 4.79 Å². The topological polar surface area (TPSA) is 35.5 Å². The van der Waals surface area contributed by atoms with Crippen LogP contribution in [0.4, 0.5) is 0 Å². The molecule has 1 aromatic rings. The normalized spacial score (nSPS) is 18.9. The summed E-state index contributed by atoms with van der Waals surface area (Å²) in [5.41, 5.74) is 1.59. The number of Topliss-reactive ketones (excluding diaryl/α,β-unsaturated/α-hetero) is 1. The lowest BCUT2D eigenvalue weighted by Gasteiger charge is -2.09. The number of methoxy groups -OCH3 is 2. The van der Waals surface area contributed by atoms with Crippen molar-refractivity contribution in [1.82, 2.24) is 0 Å². The molecule has 0 aromatic heterocycles. The van der Waals surface area contributed by atoms with E-state index in [1.165, 1.54) is 0 Å². The molecule has 2 rings (SSSR count). The maximum atomic E-state index is 11.9. The van der Waals surface area contributed by atoms with Crippen molar-refractivity contribution in [3.05, 3.63) is 23.3 Å². The van der Waals surface area contributed by atoms with Crippen LogP contribution in [-0.4, -0.2) is 24.8 Å². The third-order valence-corrected chi connectivity index (χ3v) is 3.33. The molecule has 0 N–H and O–H groups in total. The van der Waals surface area contributed by atoms with E-state index in [4.69, 9.17) is 9.47 Å². The van der Waals surface area contributed by atoms with Crippen LogP contribution in [0, 0.1) is 0 Å². The minimum atomic E-state index is -0.155. The summed E-state index contributed by atoms with van der Waals surface area (Å²) in [5.74, 6) is 1.44. The molecule has 0 fully saturated rings. The molecule has 1 aliphatic carbocycles. The molecule has 1 unspecified atom stereocenters. The van der Waals surface area contributed by atoms with E-state index in [-0.39, 0.29) is 10.6 Å². The number of benzene rings is 1. The predicted octanol–water partition coefficient (Wildman–Crippen LogP) is 2.21. The third kappa shape index (κ3) is 1.53. The highest BCUT2D eigenvalue weighted by molar-refractivity contribution is 9.10. The van der Waals surface area contributed by atoms with Gasteiger partial charge in [0.05, 0.1) is 24.6 Å². The van der Waals surface area contributed by atoms with Crippen molar-refractivity contribution in [1.29, 1.82) is 0 Å². The molecule has 4 heteroatoms. The van der Waals surface area contributed by atoms with Gasteiger partial charge in [-0.25, -0.2) is 0 Å². The summed E-state index contributed by atoms with van der Waals surface area (Å²) < 4.78 is 10.4. The summed E-state index contributed by atoms with van der Waals surface area (Å²) in [7, 11) is 3.17. The molecule has 3 nitrogen and oxygen atoms in total. The molecule has 0 heterocycles. The second kappa shape index (κ2) is 3.85. The van der Waals surface area contributed by atoms with Crippen LogP contribution in [0.3, 0.4) is 0 Å². The van der Waals surface area contributed by atoms with Crippen LogP contribution in [0.5, 0.6) is 11.5 Å². The Morgan fingerprint density at radius 1 is 1.27 bits per heavy atom. The lowest BCUT2D eigenvalue weighted by Crippen LogP contribution is -2.07. The van der Waals surface area contributed by atoms with Gasteiger partial charge in [-0.2, -0.15) is 0 Å². The molecule has 0 amide bonds. The minimum absolute atomic E-state index is 0.0701. The van der Waals surface area contributed by atoms with Crippen molar-refractivity contribution in [2.45, 2.75) is 11.2 Å². The molecule has 0 bridgehead atoms. The molecule has 80 valence electrons. The minimum Gasteiger partial charge on any atom is -0.496 e. The summed E-state index contributed by atoms with van der Waals surface area (Å²) >= 11 is 3.35. The lowest BCUT2D eigenvalue weighted by molar-refractivity contribution is 0.0999. The number of fused-ring (bicyclic) bond motifs is 1. The van der Waals surface area contributed by atoms with Gasteiger partial charge >= 0.3 is 0 Å². The molecule has 15 heavy (non-hydrogen) atoms. The molecule has 0 radical (unpaired) electrons. The Morgan fingerprint density at radius 2 is 1.87 bits per heavy atom. The van der Waals surface area contributed by atoms with Gasteiger partial charge < -0.3 is 9.47 Å². The Hall–Kier alpha value is -1.03. The van der Waals surface area contributed by atoms with Gasteiger partial charge in [0.1, 0.15) is 11.5 Å². The average Bonchev–Trinajstić information content (AvgIpc) is 2.55. The van der Waals surface area contributed by atoms with Gasteiger partial charge in [0.15, 0.2) is 5.78 Å². The van der Waals surface area contributed by atoms with Crippen LogP contribution in [-0.2, 0) is 6.42 Å². The SMILES string of the molecule is COc1ccc(OC)c2c1CC(Br)C2=O.